The molecule has 0 aliphatic heterocycles. The van der Waals surface area contributed by atoms with E-state index in [4.69, 9.17) is 4.74 Å². The number of hydrogen-bond acceptors (Lipinski definition) is 6. The summed E-state index contributed by atoms with van der Waals surface area (Å²) in [5.74, 6) is 2.05. The smallest absolute Gasteiger partial charge is 0.267 e. The Morgan fingerprint density at radius 2 is 2.04 bits per heavy atom. The molecule has 0 aliphatic carbocycles. The number of thioether (sulfide) groups is 1. The van der Waals surface area contributed by atoms with Gasteiger partial charge in [-0.05, 0) is 24.5 Å². The van der Waals surface area contributed by atoms with Gasteiger partial charge >= 0.3 is 0 Å². The topological polar surface area (TPSA) is 64.1 Å². The molecule has 5 nitrogen and oxygen atoms in total. The van der Waals surface area contributed by atoms with E-state index >= 15 is 0 Å². The molecule has 0 bridgehead atoms. The minimum absolute atomic E-state index is 0.201. The van der Waals surface area contributed by atoms with Gasteiger partial charge in [-0.3, -0.25) is 10.1 Å². The second-order valence-electron chi connectivity index (χ2n) is 5.40. The number of nitrogens with zero attached hydrogens (tertiary/aromatic N) is 2. The highest BCUT2D eigenvalue weighted by Crippen LogP contribution is 2.27. The van der Waals surface area contributed by atoms with Gasteiger partial charge in [0, 0.05) is 5.75 Å². The van der Waals surface area contributed by atoms with E-state index in [0.717, 1.165) is 10.1 Å². The molecule has 0 saturated carbocycles. The summed E-state index contributed by atoms with van der Waals surface area (Å²) < 4.78 is 6.59. The molecule has 0 aliphatic rings. The van der Waals surface area contributed by atoms with Gasteiger partial charge < -0.3 is 4.74 Å². The van der Waals surface area contributed by atoms with Crippen LogP contribution in [-0.2, 0) is 4.79 Å². The monoisotopic (exact) mass is 351 g/mol. The van der Waals surface area contributed by atoms with Crippen LogP contribution in [0.1, 0.15) is 27.2 Å². The average molecular weight is 351 g/mol. The number of carbonyl (C=O) groups excluding carboxylic acids is 1. The number of rotatable bonds is 8. The van der Waals surface area contributed by atoms with Crippen molar-refractivity contribution in [3.05, 3.63) is 30.3 Å². The van der Waals surface area contributed by atoms with Crippen LogP contribution in [0.5, 0.6) is 5.75 Å². The van der Waals surface area contributed by atoms with Crippen LogP contribution in [0.4, 0.5) is 5.13 Å². The highest BCUT2D eigenvalue weighted by molar-refractivity contribution is 8.01. The number of hydrogen-bond donors (Lipinski definition) is 1. The van der Waals surface area contributed by atoms with Gasteiger partial charge in [0.25, 0.3) is 5.91 Å². The van der Waals surface area contributed by atoms with Crippen LogP contribution in [-0.4, -0.2) is 28.0 Å². The van der Waals surface area contributed by atoms with Crippen molar-refractivity contribution in [3.63, 3.8) is 0 Å². The third-order valence-corrected chi connectivity index (χ3v) is 5.26. The lowest BCUT2D eigenvalue weighted by atomic mass is 10.2. The number of ether oxygens (including phenoxy) is 1. The zero-order valence-corrected chi connectivity index (χ0v) is 15.1. The van der Waals surface area contributed by atoms with Crippen molar-refractivity contribution >= 4 is 34.1 Å². The molecule has 0 radical (unpaired) electrons. The lowest BCUT2D eigenvalue weighted by molar-refractivity contribution is -0.122. The molecule has 1 N–H and O–H groups in total. The van der Waals surface area contributed by atoms with Crippen molar-refractivity contribution in [1.82, 2.24) is 10.2 Å². The Labute approximate surface area is 144 Å². The maximum absolute atomic E-state index is 12.3. The van der Waals surface area contributed by atoms with Gasteiger partial charge in [-0.15, -0.1) is 10.2 Å². The maximum atomic E-state index is 12.3. The van der Waals surface area contributed by atoms with Crippen molar-refractivity contribution in [2.75, 3.05) is 11.1 Å². The molecule has 1 atom stereocenters. The summed E-state index contributed by atoms with van der Waals surface area (Å²) in [7, 11) is 0. The number of para-hydroxylation sites is 1. The predicted molar refractivity (Wildman–Crippen MR) is 95.2 cm³/mol. The molecule has 7 heteroatoms. The van der Waals surface area contributed by atoms with E-state index in [1.165, 1.54) is 11.3 Å². The third-order valence-electron chi connectivity index (χ3n) is 2.86. The average Bonchev–Trinajstić information content (AvgIpc) is 2.99. The van der Waals surface area contributed by atoms with Crippen LogP contribution < -0.4 is 10.1 Å². The van der Waals surface area contributed by atoms with Crippen LogP contribution in [0.3, 0.4) is 0 Å². The van der Waals surface area contributed by atoms with Crippen molar-refractivity contribution in [2.24, 2.45) is 5.92 Å². The van der Waals surface area contributed by atoms with E-state index in [1.807, 2.05) is 37.3 Å². The molecule has 0 fully saturated rings. The first-order chi connectivity index (χ1) is 11.1. The normalized spacial score (nSPS) is 12.2. The molecule has 1 heterocycles. The number of aromatic nitrogens is 2. The SMILES string of the molecule is CCC(Oc1ccccc1)C(=O)Nc1nnc(SCC(C)C)s1. The summed E-state index contributed by atoms with van der Waals surface area (Å²) in [5, 5.41) is 11.4. The molecule has 2 aromatic rings. The number of amides is 1. The quantitative estimate of drug-likeness (QED) is 0.573. The van der Waals surface area contributed by atoms with Gasteiger partial charge in [0.05, 0.1) is 0 Å². The molecule has 1 amide bonds. The lowest BCUT2D eigenvalue weighted by Gasteiger charge is -2.16. The van der Waals surface area contributed by atoms with Crippen molar-refractivity contribution in [3.8, 4) is 5.75 Å². The number of benzene rings is 1. The number of carbonyl (C=O) groups is 1. The molecular weight excluding hydrogens is 330 g/mol. The molecule has 0 spiro atoms. The Bertz CT molecular complexity index is 617. The van der Waals surface area contributed by atoms with E-state index < -0.39 is 6.10 Å². The summed E-state index contributed by atoms with van der Waals surface area (Å²) >= 11 is 3.05. The van der Waals surface area contributed by atoms with Gasteiger partial charge in [-0.1, -0.05) is 62.1 Å². The summed E-state index contributed by atoms with van der Waals surface area (Å²) in [6.45, 7) is 6.23. The largest absolute Gasteiger partial charge is 0.481 e. The fourth-order valence-corrected chi connectivity index (χ4v) is 3.46. The Morgan fingerprint density at radius 1 is 1.30 bits per heavy atom. The second kappa shape index (κ2) is 8.88. The summed E-state index contributed by atoms with van der Waals surface area (Å²) in [6, 6.07) is 9.33. The molecule has 0 saturated heterocycles. The lowest BCUT2D eigenvalue weighted by Crippen LogP contribution is -2.32. The molecule has 1 aromatic carbocycles. The maximum Gasteiger partial charge on any atom is 0.267 e. The van der Waals surface area contributed by atoms with Crippen LogP contribution in [0, 0.1) is 5.92 Å². The Hall–Kier alpha value is -1.60. The highest BCUT2D eigenvalue weighted by Gasteiger charge is 2.20. The molecule has 1 unspecified atom stereocenters. The fraction of sp³-hybridized carbons (Fsp3) is 0.438. The molecule has 1 aromatic heterocycles. The minimum atomic E-state index is -0.548. The first-order valence-electron chi connectivity index (χ1n) is 7.57. The third kappa shape index (κ3) is 5.84. The van der Waals surface area contributed by atoms with Crippen LogP contribution in [0.15, 0.2) is 34.7 Å². The number of nitrogens with one attached hydrogen (secondary N) is 1. The zero-order chi connectivity index (χ0) is 16.7. The summed E-state index contributed by atoms with van der Waals surface area (Å²) in [4.78, 5) is 12.3. The van der Waals surface area contributed by atoms with Gasteiger partial charge in [0.15, 0.2) is 10.4 Å². The fourth-order valence-electron chi connectivity index (χ4n) is 1.73. The Morgan fingerprint density at radius 3 is 2.70 bits per heavy atom. The Kier molecular flexibility index (Phi) is 6.85. The molecule has 124 valence electrons. The van der Waals surface area contributed by atoms with Gasteiger partial charge in [-0.2, -0.15) is 0 Å². The number of anilines is 1. The molecule has 2 rings (SSSR count). The van der Waals surface area contributed by atoms with Gasteiger partial charge in [0.2, 0.25) is 5.13 Å². The standard InChI is InChI=1S/C16H21N3O2S2/c1-4-13(21-12-8-6-5-7-9-12)14(20)17-15-18-19-16(23-15)22-10-11(2)3/h5-9,11,13H,4,10H2,1-3H3,(H,17,18,20). The predicted octanol–water partition coefficient (Wildman–Crippen LogP) is 4.08. The highest BCUT2D eigenvalue weighted by atomic mass is 32.2. The zero-order valence-electron chi connectivity index (χ0n) is 13.5. The van der Waals surface area contributed by atoms with E-state index in [1.54, 1.807) is 11.8 Å². The Balaban J connectivity index is 1.91. The van der Waals surface area contributed by atoms with E-state index in [0.29, 0.717) is 23.2 Å². The van der Waals surface area contributed by atoms with Gasteiger partial charge in [0.1, 0.15) is 5.75 Å². The summed E-state index contributed by atoms with van der Waals surface area (Å²) in [6.07, 6.45) is 0.0298. The first-order valence-corrected chi connectivity index (χ1v) is 9.37. The molecular formula is C16H21N3O2S2. The second-order valence-corrected chi connectivity index (χ2v) is 7.64. The van der Waals surface area contributed by atoms with Crippen LogP contribution >= 0.6 is 23.1 Å². The van der Waals surface area contributed by atoms with E-state index in [2.05, 4.69) is 29.4 Å². The van der Waals surface area contributed by atoms with Crippen LogP contribution in [0.2, 0.25) is 0 Å². The van der Waals surface area contributed by atoms with E-state index in [-0.39, 0.29) is 5.91 Å². The van der Waals surface area contributed by atoms with Crippen LogP contribution in [0.25, 0.3) is 0 Å². The first kappa shape index (κ1) is 17.7. The van der Waals surface area contributed by atoms with Crippen molar-refractivity contribution in [2.45, 2.75) is 37.6 Å². The summed E-state index contributed by atoms with van der Waals surface area (Å²) in [5.41, 5.74) is 0. The van der Waals surface area contributed by atoms with E-state index in [9.17, 15) is 4.79 Å². The van der Waals surface area contributed by atoms with Crippen molar-refractivity contribution < 1.29 is 9.53 Å². The van der Waals surface area contributed by atoms with Gasteiger partial charge in [-0.25, -0.2) is 0 Å². The van der Waals surface area contributed by atoms with Crippen molar-refractivity contribution in [1.29, 1.82) is 0 Å². The minimum Gasteiger partial charge on any atom is -0.481 e. The molecule has 23 heavy (non-hydrogen) atoms.